The number of likely N-dealkylation sites (tertiary alicyclic amines) is 1. The van der Waals surface area contributed by atoms with Crippen LogP contribution < -0.4 is 0 Å². The highest BCUT2D eigenvalue weighted by molar-refractivity contribution is 5.94. The fourth-order valence-electron chi connectivity index (χ4n) is 3.26. The van der Waals surface area contributed by atoms with Crippen LogP contribution >= 0.6 is 0 Å². The molecule has 0 aliphatic carbocycles. The van der Waals surface area contributed by atoms with E-state index in [-0.39, 0.29) is 12.2 Å². The van der Waals surface area contributed by atoms with Crippen LogP contribution in [-0.2, 0) is 9.47 Å². The Kier molecular flexibility index (Phi) is 4.27. The molecule has 24 heavy (non-hydrogen) atoms. The molecule has 2 aliphatic rings. The third-order valence-corrected chi connectivity index (χ3v) is 4.59. The molecule has 4 heterocycles. The second-order valence-electron chi connectivity index (χ2n) is 6.10. The molecule has 7 heteroatoms. The number of hydrogen-bond donors (Lipinski definition) is 0. The van der Waals surface area contributed by atoms with E-state index in [2.05, 4.69) is 10.1 Å². The van der Waals surface area contributed by atoms with Gasteiger partial charge in [-0.2, -0.15) is 5.10 Å². The van der Waals surface area contributed by atoms with E-state index in [4.69, 9.17) is 9.47 Å². The first-order valence-corrected chi connectivity index (χ1v) is 8.30. The summed E-state index contributed by atoms with van der Waals surface area (Å²) in [6.45, 7) is 2.82. The summed E-state index contributed by atoms with van der Waals surface area (Å²) in [5.74, 6) is 1.11. The standard InChI is InChI=1S/C17H20N4O3/c22-16(14-2-3-15(18-12-14)21-7-1-6-19-21)20-8-4-13(5-9-20)17-23-10-11-24-17/h1-3,6-7,12-13,17H,4-5,8-11H2. The lowest BCUT2D eigenvalue weighted by molar-refractivity contribution is -0.0956. The lowest BCUT2D eigenvalue weighted by Gasteiger charge is -2.33. The molecule has 0 N–H and O–H groups in total. The molecule has 0 unspecified atom stereocenters. The van der Waals surface area contributed by atoms with Gasteiger partial charge in [-0.25, -0.2) is 9.67 Å². The molecular formula is C17H20N4O3. The van der Waals surface area contributed by atoms with E-state index < -0.39 is 0 Å². The van der Waals surface area contributed by atoms with E-state index in [1.54, 1.807) is 17.1 Å². The molecule has 0 aromatic carbocycles. The van der Waals surface area contributed by atoms with E-state index in [0.29, 0.717) is 30.5 Å². The normalized spacial score (nSPS) is 19.8. The molecule has 7 nitrogen and oxygen atoms in total. The van der Waals surface area contributed by atoms with Crippen molar-refractivity contribution in [1.29, 1.82) is 0 Å². The first-order valence-electron chi connectivity index (χ1n) is 8.30. The highest BCUT2D eigenvalue weighted by Crippen LogP contribution is 2.26. The summed E-state index contributed by atoms with van der Waals surface area (Å²) in [6.07, 6.45) is 6.88. The zero-order valence-corrected chi connectivity index (χ0v) is 13.4. The number of carbonyl (C=O) groups excluding carboxylic acids is 1. The van der Waals surface area contributed by atoms with Crippen molar-refractivity contribution < 1.29 is 14.3 Å². The van der Waals surface area contributed by atoms with Crippen molar-refractivity contribution in [3.8, 4) is 5.82 Å². The van der Waals surface area contributed by atoms with E-state index in [0.717, 1.165) is 25.9 Å². The molecular weight excluding hydrogens is 308 g/mol. The monoisotopic (exact) mass is 328 g/mol. The highest BCUT2D eigenvalue weighted by atomic mass is 16.7. The Morgan fingerprint density at radius 1 is 1.17 bits per heavy atom. The molecule has 2 aromatic rings. The highest BCUT2D eigenvalue weighted by Gasteiger charge is 2.32. The van der Waals surface area contributed by atoms with Crippen molar-refractivity contribution in [1.82, 2.24) is 19.7 Å². The van der Waals surface area contributed by atoms with Gasteiger partial charge in [0, 0.05) is 37.6 Å². The summed E-state index contributed by atoms with van der Waals surface area (Å²) in [6, 6.07) is 5.46. The number of aromatic nitrogens is 3. The Labute approximate surface area is 140 Å². The van der Waals surface area contributed by atoms with Gasteiger partial charge in [0.05, 0.1) is 18.8 Å². The quantitative estimate of drug-likeness (QED) is 0.854. The summed E-state index contributed by atoms with van der Waals surface area (Å²) in [5.41, 5.74) is 0.609. The third-order valence-electron chi connectivity index (χ3n) is 4.59. The fraction of sp³-hybridized carbons (Fsp3) is 0.471. The molecule has 2 saturated heterocycles. The Hall–Kier alpha value is -2.25. The van der Waals surface area contributed by atoms with Crippen LogP contribution in [0.2, 0.25) is 0 Å². The fourth-order valence-corrected chi connectivity index (χ4v) is 3.26. The molecule has 1 amide bonds. The zero-order chi connectivity index (χ0) is 16.4. The summed E-state index contributed by atoms with van der Waals surface area (Å²) in [7, 11) is 0. The van der Waals surface area contributed by atoms with Crippen LogP contribution in [0.3, 0.4) is 0 Å². The maximum atomic E-state index is 12.6. The molecule has 126 valence electrons. The predicted molar refractivity (Wildman–Crippen MR) is 85.7 cm³/mol. The minimum Gasteiger partial charge on any atom is -0.350 e. The number of nitrogens with zero attached hydrogens (tertiary/aromatic N) is 4. The first kappa shape index (κ1) is 15.3. The van der Waals surface area contributed by atoms with E-state index in [1.807, 2.05) is 29.3 Å². The lowest BCUT2D eigenvalue weighted by Crippen LogP contribution is -2.41. The van der Waals surface area contributed by atoms with Crippen LogP contribution in [0.5, 0.6) is 0 Å². The minimum atomic E-state index is -0.0859. The summed E-state index contributed by atoms with van der Waals surface area (Å²) >= 11 is 0. The van der Waals surface area contributed by atoms with Gasteiger partial charge in [-0.3, -0.25) is 4.79 Å². The van der Waals surface area contributed by atoms with Crippen molar-refractivity contribution in [3.63, 3.8) is 0 Å². The second-order valence-corrected chi connectivity index (χ2v) is 6.10. The number of amides is 1. The molecule has 2 fully saturated rings. The van der Waals surface area contributed by atoms with E-state index >= 15 is 0 Å². The van der Waals surface area contributed by atoms with Gasteiger partial charge in [-0.05, 0) is 31.0 Å². The average molecular weight is 328 g/mol. The summed E-state index contributed by atoms with van der Waals surface area (Å²) < 4.78 is 12.8. The number of rotatable bonds is 3. The Morgan fingerprint density at radius 2 is 1.96 bits per heavy atom. The number of ether oxygens (including phenoxy) is 2. The number of hydrogen-bond acceptors (Lipinski definition) is 5. The van der Waals surface area contributed by atoms with Gasteiger partial charge in [0.1, 0.15) is 0 Å². The Morgan fingerprint density at radius 3 is 2.58 bits per heavy atom. The molecule has 0 bridgehead atoms. The van der Waals surface area contributed by atoms with Gasteiger partial charge in [-0.15, -0.1) is 0 Å². The molecule has 0 spiro atoms. The predicted octanol–water partition coefficient (Wildman–Crippen LogP) is 1.49. The van der Waals surface area contributed by atoms with Crippen molar-refractivity contribution in [2.75, 3.05) is 26.3 Å². The van der Waals surface area contributed by atoms with Gasteiger partial charge in [0.25, 0.3) is 5.91 Å². The number of piperidine rings is 1. The van der Waals surface area contributed by atoms with Crippen molar-refractivity contribution >= 4 is 5.91 Å². The lowest BCUT2D eigenvalue weighted by atomic mass is 9.96. The average Bonchev–Trinajstić information content (AvgIpc) is 3.35. The first-order chi connectivity index (χ1) is 11.8. The maximum absolute atomic E-state index is 12.6. The van der Waals surface area contributed by atoms with Crippen LogP contribution in [0, 0.1) is 5.92 Å². The topological polar surface area (TPSA) is 69.5 Å². The molecule has 2 aliphatic heterocycles. The zero-order valence-electron chi connectivity index (χ0n) is 13.4. The summed E-state index contributed by atoms with van der Waals surface area (Å²) in [5, 5.41) is 4.13. The van der Waals surface area contributed by atoms with Gasteiger partial charge in [-0.1, -0.05) is 0 Å². The molecule has 4 rings (SSSR count). The van der Waals surface area contributed by atoms with Gasteiger partial charge in [0.2, 0.25) is 0 Å². The third kappa shape index (κ3) is 3.05. The van der Waals surface area contributed by atoms with Gasteiger partial charge < -0.3 is 14.4 Å². The van der Waals surface area contributed by atoms with Crippen molar-refractivity contribution in [2.24, 2.45) is 5.92 Å². The largest absolute Gasteiger partial charge is 0.350 e. The molecule has 0 saturated carbocycles. The van der Waals surface area contributed by atoms with Crippen LogP contribution in [0.15, 0.2) is 36.8 Å². The Bertz CT molecular complexity index is 672. The van der Waals surface area contributed by atoms with Crippen molar-refractivity contribution in [3.05, 3.63) is 42.4 Å². The van der Waals surface area contributed by atoms with Crippen LogP contribution in [-0.4, -0.2) is 58.2 Å². The Balaban J connectivity index is 1.37. The number of carbonyl (C=O) groups is 1. The SMILES string of the molecule is O=C(c1ccc(-n2cccn2)nc1)N1CCC(C2OCCO2)CC1. The van der Waals surface area contributed by atoms with Gasteiger partial charge >= 0.3 is 0 Å². The van der Waals surface area contributed by atoms with Crippen LogP contribution in [0.4, 0.5) is 0 Å². The van der Waals surface area contributed by atoms with Gasteiger partial charge in [0.15, 0.2) is 12.1 Å². The molecule has 0 radical (unpaired) electrons. The van der Waals surface area contributed by atoms with Crippen LogP contribution in [0.1, 0.15) is 23.2 Å². The minimum absolute atomic E-state index is 0.0289. The van der Waals surface area contributed by atoms with E-state index in [1.165, 1.54) is 0 Å². The second kappa shape index (κ2) is 6.70. The van der Waals surface area contributed by atoms with Crippen LogP contribution in [0.25, 0.3) is 5.82 Å². The van der Waals surface area contributed by atoms with Crippen molar-refractivity contribution in [2.45, 2.75) is 19.1 Å². The summed E-state index contributed by atoms with van der Waals surface area (Å²) in [4.78, 5) is 18.8. The van der Waals surface area contributed by atoms with E-state index in [9.17, 15) is 4.79 Å². The maximum Gasteiger partial charge on any atom is 0.255 e. The molecule has 0 atom stereocenters. The number of pyridine rings is 1. The molecule has 2 aromatic heterocycles. The smallest absolute Gasteiger partial charge is 0.255 e.